The molecule has 0 heterocycles. The molecule has 1 rings (SSSR count). The summed E-state index contributed by atoms with van der Waals surface area (Å²) in [7, 11) is 1.89. The van der Waals surface area contributed by atoms with Gasteiger partial charge in [-0.05, 0) is 31.7 Å². The van der Waals surface area contributed by atoms with Crippen LogP contribution < -0.4 is 5.32 Å². The Morgan fingerprint density at radius 1 is 1.53 bits per heavy atom. The Balaban J connectivity index is 2.99. The standard InChI is InChI=1S/C12H15BrFN/c1-3-9(8-15-2)6-10-7-11(13)4-5-12(10)14/h4-7,15H,3,8H2,1-2H3. The first-order valence-electron chi connectivity index (χ1n) is 4.96. The van der Waals surface area contributed by atoms with Gasteiger partial charge in [-0.25, -0.2) is 4.39 Å². The largest absolute Gasteiger partial charge is 0.316 e. The van der Waals surface area contributed by atoms with E-state index in [0.29, 0.717) is 5.56 Å². The molecule has 0 bridgehead atoms. The average molecular weight is 272 g/mol. The molecule has 0 atom stereocenters. The van der Waals surface area contributed by atoms with Gasteiger partial charge in [0.25, 0.3) is 0 Å². The Kier molecular flexibility index (Phi) is 4.99. The van der Waals surface area contributed by atoms with Crippen LogP contribution in [0.1, 0.15) is 18.9 Å². The van der Waals surface area contributed by atoms with Crippen LogP contribution in [-0.4, -0.2) is 13.6 Å². The molecule has 3 heteroatoms. The number of benzene rings is 1. The highest BCUT2D eigenvalue weighted by Gasteiger charge is 2.01. The lowest BCUT2D eigenvalue weighted by molar-refractivity contribution is 0.624. The van der Waals surface area contributed by atoms with Crippen LogP contribution in [-0.2, 0) is 0 Å². The van der Waals surface area contributed by atoms with Crippen LogP contribution in [0.5, 0.6) is 0 Å². The van der Waals surface area contributed by atoms with E-state index in [4.69, 9.17) is 0 Å². The molecule has 0 saturated heterocycles. The fourth-order valence-electron chi connectivity index (χ4n) is 1.35. The van der Waals surface area contributed by atoms with Crippen molar-refractivity contribution in [3.05, 3.63) is 39.6 Å². The molecule has 0 unspecified atom stereocenters. The molecule has 0 fully saturated rings. The van der Waals surface area contributed by atoms with Crippen LogP contribution in [0.3, 0.4) is 0 Å². The van der Waals surface area contributed by atoms with Crippen molar-refractivity contribution in [1.29, 1.82) is 0 Å². The topological polar surface area (TPSA) is 12.0 Å². The molecule has 1 aromatic carbocycles. The van der Waals surface area contributed by atoms with Crippen LogP contribution in [0, 0.1) is 5.82 Å². The minimum atomic E-state index is -0.180. The van der Waals surface area contributed by atoms with Gasteiger partial charge in [0.1, 0.15) is 5.82 Å². The minimum absolute atomic E-state index is 0.180. The van der Waals surface area contributed by atoms with E-state index in [1.807, 2.05) is 13.1 Å². The molecule has 0 amide bonds. The zero-order valence-electron chi connectivity index (χ0n) is 8.98. The van der Waals surface area contributed by atoms with Gasteiger partial charge in [-0.15, -0.1) is 0 Å². The first-order chi connectivity index (χ1) is 7.17. The summed E-state index contributed by atoms with van der Waals surface area (Å²) in [4.78, 5) is 0. The molecule has 0 aliphatic rings. The number of likely N-dealkylation sites (N-methyl/N-ethyl adjacent to an activating group) is 1. The third-order valence-corrected chi connectivity index (χ3v) is 2.67. The second-order valence-corrected chi connectivity index (χ2v) is 4.27. The van der Waals surface area contributed by atoms with Crippen LogP contribution >= 0.6 is 15.9 Å². The second kappa shape index (κ2) is 6.03. The zero-order valence-corrected chi connectivity index (χ0v) is 10.6. The predicted octanol–water partition coefficient (Wildman–Crippen LogP) is 3.60. The molecule has 1 nitrogen and oxygen atoms in total. The maximum Gasteiger partial charge on any atom is 0.130 e. The molecule has 0 aromatic heterocycles. The van der Waals surface area contributed by atoms with E-state index in [-0.39, 0.29) is 5.82 Å². The summed E-state index contributed by atoms with van der Waals surface area (Å²) in [6, 6.07) is 4.97. The summed E-state index contributed by atoms with van der Waals surface area (Å²) in [5.74, 6) is -0.180. The summed E-state index contributed by atoms with van der Waals surface area (Å²) < 4.78 is 14.3. The van der Waals surface area contributed by atoms with Crippen molar-refractivity contribution in [3.8, 4) is 0 Å². The van der Waals surface area contributed by atoms with Gasteiger partial charge in [-0.1, -0.05) is 34.5 Å². The summed E-state index contributed by atoms with van der Waals surface area (Å²) in [6.45, 7) is 2.86. The summed E-state index contributed by atoms with van der Waals surface area (Å²) in [6.07, 6.45) is 2.82. The summed E-state index contributed by atoms with van der Waals surface area (Å²) in [5, 5.41) is 3.07. The van der Waals surface area contributed by atoms with Crippen molar-refractivity contribution in [3.63, 3.8) is 0 Å². The molecule has 0 aliphatic heterocycles. The summed E-state index contributed by atoms with van der Waals surface area (Å²) in [5.41, 5.74) is 1.82. The average Bonchev–Trinajstić information content (AvgIpc) is 2.22. The number of rotatable bonds is 4. The van der Waals surface area contributed by atoms with E-state index in [2.05, 4.69) is 28.2 Å². The Labute approximate surface area is 98.5 Å². The van der Waals surface area contributed by atoms with Crippen molar-refractivity contribution in [2.45, 2.75) is 13.3 Å². The van der Waals surface area contributed by atoms with Gasteiger partial charge in [0.05, 0.1) is 0 Å². The molecule has 0 spiro atoms. The monoisotopic (exact) mass is 271 g/mol. The van der Waals surface area contributed by atoms with Gasteiger partial charge in [0.2, 0.25) is 0 Å². The molecule has 82 valence electrons. The van der Waals surface area contributed by atoms with Crippen LogP contribution in [0.2, 0.25) is 0 Å². The smallest absolute Gasteiger partial charge is 0.130 e. The highest BCUT2D eigenvalue weighted by molar-refractivity contribution is 9.10. The van der Waals surface area contributed by atoms with Crippen LogP contribution in [0.4, 0.5) is 4.39 Å². The predicted molar refractivity (Wildman–Crippen MR) is 66.3 cm³/mol. The van der Waals surface area contributed by atoms with Crippen molar-refractivity contribution in [1.82, 2.24) is 5.32 Å². The second-order valence-electron chi connectivity index (χ2n) is 3.35. The Morgan fingerprint density at radius 2 is 2.27 bits per heavy atom. The number of hydrogen-bond donors (Lipinski definition) is 1. The molecule has 15 heavy (non-hydrogen) atoms. The fraction of sp³-hybridized carbons (Fsp3) is 0.333. The van der Waals surface area contributed by atoms with Crippen molar-refractivity contribution in [2.75, 3.05) is 13.6 Å². The van der Waals surface area contributed by atoms with E-state index in [1.165, 1.54) is 11.6 Å². The maximum atomic E-state index is 13.4. The maximum absolute atomic E-state index is 13.4. The molecule has 0 radical (unpaired) electrons. The van der Waals surface area contributed by atoms with Crippen molar-refractivity contribution < 1.29 is 4.39 Å². The lowest BCUT2D eigenvalue weighted by Crippen LogP contribution is -2.09. The van der Waals surface area contributed by atoms with E-state index >= 15 is 0 Å². The quantitative estimate of drug-likeness (QED) is 0.883. The van der Waals surface area contributed by atoms with Gasteiger partial charge >= 0.3 is 0 Å². The van der Waals surface area contributed by atoms with E-state index < -0.39 is 0 Å². The third kappa shape index (κ3) is 3.76. The minimum Gasteiger partial charge on any atom is -0.316 e. The van der Waals surface area contributed by atoms with E-state index in [0.717, 1.165) is 17.4 Å². The first-order valence-corrected chi connectivity index (χ1v) is 5.75. The van der Waals surface area contributed by atoms with Crippen LogP contribution in [0.15, 0.2) is 28.2 Å². The Morgan fingerprint density at radius 3 is 2.87 bits per heavy atom. The summed E-state index contributed by atoms with van der Waals surface area (Å²) >= 11 is 3.34. The van der Waals surface area contributed by atoms with Crippen molar-refractivity contribution in [2.24, 2.45) is 0 Å². The van der Waals surface area contributed by atoms with Gasteiger partial charge in [-0.3, -0.25) is 0 Å². The molecule has 1 aromatic rings. The van der Waals surface area contributed by atoms with Gasteiger partial charge in [0.15, 0.2) is 0 Å². The molecule has 0 aliphatic carbocycles. The van der Waals surface area contributed by atoms with E-state index in [1.54, 1.807) is 12.1 Å². The van der Waals surface area contributed by atoms with Gasteiger partial charge in [0, 0.05) is 16.6 Å². The Hall–Kier alpha value is -0.670. The number of hydrogen-bond acceptors (Lipinski definition) is 1. The number of nitrogens with one attached hydrogen (secondary N) is 1. The molecular formula is C12H15BrFN. The Bertz CT molecular complexity index is 361. The molecule has 1 N–H and O–H groups in total. The zero-order chi connectivity index (χ0) is 11.3. The third-order valence-electron chi connectivity index (χ3n) is 2.18. The van der Waals surface area contributed by atoms with Gasteiger partial charge < -0.3 is 5.32 Å². The van der Waals surface area contributed by atoms with E-state index in [9.17, 15) is 4.39 Å². The highest BCUT2D eigenvalue weighted by atomic mass is 79.9. The fourth-order valence-corrected chi connectivity index (χ4v) is 1.73. The van der Waals surface area contributed by atoms with Crippen LogP contribution in [0.25, 0.3) is 6.08 Å². The number of halogens is 2. The SMILES string of the molecule is CCC(=Cc1cc(Br)ccc1F)CNC. The lowest BCUT2D eigenvalue weighted by atomic mass is 10.1. The normalized spacial score (nSPS) is 11.9. The lowest BCUT2D eigenvalue weighted by Gasteiger charge is -2.04. The van der Waals surface area contributed by atoms with Crippen molar-refractivity contribution >= 4 is 22.0 Å². The van der Waals surface area contributed by atoms with Gasteiger partial charge in [-0.2, -0.15) is 0 Å². The first kappa shape index (κ1) is 12.4. The molecule has 0 saturated carbocycles. The molecular weight excluding hydrogens is 257 g/mol. The highest BCUT2D eigenvalue weighted by Crippen LogP contribution is 2.18.